The maximum Gasteiger partial charge on any atom is 0.221 e. The molecule has 1 aromatic rings. The molecule has 0 bridgehead atoms. The number of aryl methyl sites for hydroxylation is 3. The van der Waals surface area contributed by atoms with E-state index in [0.29, 0.717) is 17.9 Å². The quantitative estimate of drug-likeness (QED) is 0.346. The molecular formula is C21H35O2P. The van der Waals surface area contributed by atoms with Crippen LogP contribution in [0.25, 0.3) is 0 Å². The Kier molecular flexibility index (Phi) is 8.43. The van der Waals surface area contributed by atoms with E-state index in [1.54, 1.807) is 0 Å². The summed E-state index contributed by atoms with van der Waals surface area (Å²) < 4.78 is 13.6. The van der Waals surface area contributed by atoms with E-state index in [1.807, 2.05) is 32.9 Å². The molecule has 0 saturated carbocycles. The van der Waals surface area contributed by atoms with Crippen molar-refractivity contribution in [1.82, 2.24) is 0 Å². The van der Waals surface area contributed by atoms with Crippen LogP contribution in [-0.4, -0.2) is 17.8 Å². The van der Waals surface area contributed by atoms with Crippen molar-refractivity contribution in [2.24, 2.45) is 5.92 Å². The van der Waals surface area contributed by atoms with Gasteiger partial charge in [-0.3, -0.25) is 4.79 Å². The Balaban J connectivity index is 3.03. The number of carbonyl (C=O) groups is 1. The summed E-state index contributed by atoms with van der Waals surface area (Å²) in [4.78, 5) is 13.2. The molecule has 0 aliphatic rings. The molecule has 0 amide bonds. The second-order valence-electron chi connectivity index (χ2n) is 7.68. The molecule has 1 atom stereocenters. The van der Waals surface area contributed by atoms with Crippen molar-refractivity contribution in [3.8, 4) is 0 Å². The lowest BCUT2D eigenvalue weighted by Crippen LogP contribution is -2.14. The van der Waals surface area contributed by atoms with Crippen LogP contribution in [0.15, 0.2) is 12.1 Å². The van der Waals surface area contributed by atoms with Crippen molar-refractivity contribution >= 4 is 12.7 Å². The highest BCUT2D eigenvalue weighted by atomic mass is 31.2. The summed E-state index contributed by atoms with van der Waals surface area (Å²) in [6.07, 6.45) is 6.68. The smallest absolute Gasteiger partial charge is 0.221 e. The number of hydrogen-bond acceptors (Lipinski definition) is 2. The first-order valence-corrected chi connectivity index (χ1v) is 11.5. The normalized spacial score (nSPS) is 14.0. The molecule has 1 aromatic carbocycles. The van der Waals surface area contributed by atoms with Gasteiger partial charge in [-0.1, -0.05) is 64.2 Å². The Morgan fingerprint density at radius 1 is 1.00 bits per heavy atom. The van der Waals surface area contributed by atoms with E-state index < -0.39 is 7.14 Å². The number of rotatable bonds is 10. The summed E-state index contributed by atoms with van der Waals surface area (Å²) in [6.45, 7) is 12.3. The van der Waals surface area contributed by atoms with Crippen LogP contribution in [0.3, 0.4) is 0 Å². The van der Waals surface area contributed by atoms with E-state index in [0.717, 1.165) is 29.5 Å². The zero-order valence-corrected chi connectivity index (χ0v) is 17.3. The summed E-state index contributed by atoms with van der Waals surface area (Å²) in [6, 6.07) is 4.06. The second kappa shape index (κ2) is 9.56. The van der Waals surface area contributed by atoms with Gasteiger partial charge < -0.3 is 4.57 Å². The number of hydrogen-bond donors (Lipinski definition) is 0. The van der Waals surface area contributed by atoms with Crippen LogP contribution in [0.4, 0.5) is 0 Å². The molecule has 1 unspecified atom stereocenters. The largest absolute Gasteiger partial charge is 0.315 e. The summed E-state index contributed by atoms with van der Waals surface area (Å²) in [5, 5.41) is 0. The Hall–Kier alpha value is -0.880. The Bertz CT molecular complexity index is 579. The maximum absolute atomic E-state index is 13.6. The van der Waals surface area contributed by atoms with Crippen molar-refractivity contribution in [2.45, 2.75) is 73.6 Å². The lowest BCUT2D eigenvalue weighted by Gasteiger charge is -2.21. The molecule has 0 spiro atoms. The molecule has 0 aliphatic heterocycles. The van der Waals surface area contributed by atoms with Gasteiger partial charge >= 0.3 is 0 Å². The molecule has 0 saturated heterocycles. The molecule has 2 nitrogen and oxygen atoms in total. The summed E-state index contributed by atoms with van der Waals surface area (Å²) in [7, 11) is -2.84. The van der Waals surface area contributed by atoms with Crippen LogP contribution >= 0.6 is 7.14 Å². The molecule has 3 heteroatoms. The van der Waals surface area contributed by atoms with Gasteiger partial charge in [0.1, 0.15) is 0 Å². The molecule has 0 aromatic heterocycles. The monoisotopic (exact) mass is 350 g/mol. The average molecular weight is 350 g/mol. The van der Waals surface area contributed by atoms with E-state index in [2.05, 4.69) is 20.8 Å². The average Bonchev–Trinajstić information content (AvgIpc) is 2.45. The van der Waals surface area contributed by atoms with E-state index in [4.69, 9.17) is 0 Å². The minimum Gasteiger partial charge on any atom is -0.315 e. The third-order valence-corrected chi connectivity index (χ3v) is 7.87. The molecule has 0 radical (unpaired) electrons. The summed E-state index contributed by atoms with van der Waals surface area (Å²) >= 11 is 0. The first kappa shape index (κ1) is 21.2. The van der Waals surface area contributed by atoms with Gasteiger partial charge in [0.15, 0.2) is 7.14 Å². The second-order valence-corrected chi connectivity index (χ2v) is 10.7. The standard InChI is InChI=1S/C21H35O2P/c1-7-8-9-10-11-12-24(23,15-16(2)3)21(22)20-18(5)13-17(4)14-19(20)6/h13-14,16H,7-12,15H2,1-6H3. The van der Waals surface area contributed by atoms with Gasteiger partial charge in [-0.15, -0.1) is 0 Å². The molecule has 0 aliphatic carbocycles. The predicted molar refractivity (Wildman–Crippen MR) is 106 cm³/mol. The van der Waals surface area contributed by atoms with E-state index in [-0.39, 0.29) is 11.4 Å². The number of unbranched alkanes of at least 4 members (excludes halogenated alkanes) is 4. The highest BCUT2D eigenvalue weighted by molar-refractivity contribution is 7.81. The highest BCUT2D eigenvalue weighted by Gasteiger charge is 2.34. The van der Waals surface area contributed by atoms with Gasteiger partial charge in [0.25, 0.3) is 0 Å². The van der Waals surface area contributed by atoms with Crippen LogP contribution in [0.1, 0.15) is 79.9 Å². The fourth-order valence-corrected chi connectivity index (χ4v) is 6.78. The minimum absolute atomic E-state index is 0.0818. The fourth-order valence-electron chi connectivity index (χ4n) is 3.56. The predicted octanol–water partition coefficient (Wildman–Crippen LogP) is 6.74. The van der Waals surface area contributed by atoms with E-state index in [1.165, 1.54) is 19.3 Å². The lowest BCUT2D eigenvalue weighted by atomic mass is 10.0. The Morgan fingerprint density at radius 2 is 1.54 bits per heavy atom. The maximum atomic E-state index is 13.6. The first-order valence-electron chi connectivity index (χ1n) is 9.42. The van der Waals surface area contributed by atoms with Crippen LogP contribution in [-0.2, 0) is 4.57 Å². The van der Waals surface area contributed by atoms with Gasteiger partial charge in [-0.05, 0) is 44.2 Å². The topological polar surface area (TPSA) is 34.1 Å². The first-order chi connectivity index (χ1) is 11.2. The summed E-state index contributed by atoms with van der Waals surface area (Å²) in [5.41, 5.74) is 3.71. The van der Waals surface area contributed by atoms with Gasteiger partial charge in [-0.2, -0.15) is 0 Å². The fraction of sp³-hybridized carbons (Fsp3) is 0.667. The third-order valence-electron chi connectivity index (χ3n) is 4.54. The van der Waals surface area contributed by atoms with Crippen LogP contribution in [0.2, 0.25) is 0 Å². The summed E-state index contributed by atoms with van der Waals surface area (Å²) in [5.74, 6) is 0.279. The van der Waals surface area contributed by atoms with Gasteiger partial charge in [-0.25, -0.2) is 0 Å². The highest BCUT2D eigenvalue weighted by Crippen LogP contribution is 2.52. The van der Waals surface area contributed by atoms with Crippen molar-refractivity contribution < 1.29 is 9.36 Å². The number of benzene rings is 1. The van der Waals surface area contributed by atoms with Crippen molar-refractivity contribution in [3.05, 3.63) is 34.4 Å². The van der Waals surface area contributed by atoms with Crippen LogP contribution in [0, 0.1) is 26.7 Å². The van der Waals surface area contributed by atoms with Crippen LogP contribution in [0.5, 0.6) is 0 Å². The molecule has 136 valence electrons. The molecule has 1 rings (SSSR count). The molecule has 0 heterocycles. The number of carbonyl (C=O) groups excluding carboxylic acids is 1. The molecule has 24 heavy (non-hydrogen) atoms. The molecule has 0 N–H and O–H groups in total. The van der Waals surface area contributed by atoms with E-state index >= 15 is 0 Å². The minimum atomic E-state index is -2.84. The third kappa shape index (κ3) is 5.88. The van der Waals surface area contributed by atoms with Crippen LogP contribution < -0.4 is 0 Å². The SMILES string of the molecule is CCCCCCCP(=O)(CC(C)C)C(=O)c1c(C)cc(C)cc1C. The Morgan fingerprint density at radius 3 is 2.04 bits per heavy atom. The zero-order valence-electron chi connectivity index (χ0n) is 16.4. The van der Waals surface area contributed by atoms with E-state index in [9.17, 15) is 9.36 Å². The Labute approximate surface area is 148 Å². The van der Waals surface area contributed by atoms with Gasteiger partial charge in [0, 0.05) is 17.9 Å². The van der Waals surface area contributed by atoms with Gasteiger partial charge in [0.2, 0.25) is 5.52 Å². The lowest BCUT2D eigenvalue weighted by molar-refractivity contribution is 0.107. The van der Waals surface area contributed by atoms with Crippen molar-refractivity contribution in [1.29, 1.82) is 0 Å². The molecule has 0 fully saturated rings. The van der Waals surface area contributed by atoms with Crippen molar-refractivity contribution in [2.75, 3.05) is 12.3 Å². The van der Waals surface area contributed by atoms with Crippen molar-refractivity contribution in [3.63, 3.8) is 0 Å². The zero-order chi connectivity index (χ0) is 18.3. The van der Waals surface area contributed by atoms with Gasteiger partial charge in [0.05, 0.1) is 0 Å². The molecular weight excluding hydrogens is 315 g/mol.